The summed E-state index contributed by atoms with van der Waals surface area (Å²) < 4.78 is 10.4. The van der Waals surface area contributed by atoms with E-state index in [4.69, 9.17) is 9.47 Å². The highest BCUT2D eigenvalue weighted by molar-refractivity contribution is 5.59. The minimum Gasteiger partial charge on any atom is -0.434 e. The quantitative estimate of drug-likeness (QED) is 0.0436. The zero-order chi connectivity index (χ0) is 27.6. The van der Waals surface area contributed by atoms with Crippen molar-refractivity contribution in [1.29, 1.82) is 0 Å². The predicted molar refractivity (Wildman–Crippen MR) is 167 cm³/mol. The third-order valence-corrected chi connectivity index (χ3v) is 6.69. The molecule has 0 saturated carbocycles. The molecule has 0 bridgehead atoms. The van der Waals surface area contributed by atoms with Crippen LogP contribution in [-0.2, 0) is 9.47 Å². The minimum absolute atomic E-state index is 0.480. The van der Waals surface area contributed by atoms with Gasteiger partial charge >= 0.3 is 6.16 Å². The first-order valence-corrected chi connectivity index (χ1v) is 16.2. The molecule has 0 aliphatic rings. The lowest BCUT2D eigenvalue weighted by molar-refractivity contribution is 0.0529. The van der Waals surface area contributed by atoms with E-state index in [-0.39, 0.29) is 0 Å². The number of carbonyl (C=O) groups excluding carboxylic acids is 1. The highest BCUT2D eigenvalue weighted by atomic mass is 16.7. The summed E-state index contributed by atoms with van der Waals surface area (Å²) in [5, 5.41) is 0. The third kappa shape index (κ3) is 32.3. The van der Waals surface area contributed by atoms with Gasteiger partial charge in [-0.25, -0.2) is 4.79 Å². The molecule has 0 N–H and O–H groups in total. The smallest absolute Gasteiger partial charge is 0.434 e. The molecule has 0 atom stereocenters. The van der Waals surface area contributed by atoms with Gasteiger partial charge in [0.2, 0.25) is 0 Å². The van der Waals surface area contributed by atoms with E-state index in [9.17, 15) is 4.79 Å². The number of rotatable bonds is 28. The molecule has 220 valence electrons. The van der Waals surface area contributed by atoms with Gasteiger partial charge in [0.1, 0.15) is 0 Å². The molecule has 3 nitrogen and oxygen atoms in total. The van der Waals surface area contributed by atoms with Crippen LogP contribution in [0.2, 0.25) is 0 Å². The molecule has 0 amide bonds. The molecular formula is C35H62O3. The summed E-state index contributed by atoms with van der Waals surface area (Å²) in [5.74, 6) is 0. The van der Waals surface area contributed by atoms with Crippen molar-refractivity contribution in [2.75, 3.05) is 13.2 Å². The SMILES string of the molecule is CCCCC=CC=CC=CCCCCCCCCOC(=O)OCCCCCCCCC=CCCCCCC. The van der Waals surface area contributed by atoms with E-state index in [0.29, 0.717) is 13.2 Å². The van der Waals surface area contributed by atoms with E-state index >= 15 is 0 Å². The number of hydrogen-bond acceptors (Lipinski definition) is 3. The van der Waals surface area contributed by atoms with Gasteiger partial charge in [0, 0.05) is 0 Å². The Morgan fingerprint density at radius 1 is 0.421 bits per heavy atom. The molecule has 0 aromatic heterocycles. The van der Waals surface area contributed by atoms with E-state index in [0.717, 1.165) is 32.1 Å². The van der Waals surface area contributed by atoms with Crippen molar-refractivity contribution in [3.8, 4) is 0 Å². The van der Waals surface area contributed by atoms with Crippen molar-refractivity contribution in [2.45, 2.75) is 155 Å². The maximum Gasteiger partial charge on any atom is 0.508 e. The Labute approximate surface area is 237 Å². The maximum absolute atomic E-state index is 11.7. The van der Waals surface area contributed by atoms with Crippen LogP contribution in [0.1, 0.15) is 155 Å². The van der Waals surface area contributed by atoms with E-state index in [1.807, 2.05) is 0 Å². The van der Waals surface area contributed by atoms with Crippen LogP contribution >= 0.6 is 0 Å². The normalized spacial score (nSPS) is 12.1. The van der Waals surface area contributed by atoms with Crippen molar-refractivity contribution in [3.05, 3.63) is 48.6 Å². The second-order valence-corrected chi connectivity index (χ2v) is 10.5. The summed E-state index contributed by atoms with van der Waals surface area (Å²) in [6.07, 6.45) is 44.2. The van der Waals surface area contributed by atoms with Gasteiger partial charge in [-0.2, -0.15) is 0 Å². The van der Waals surface area contributed by atoms with E-state index in [2.05, 4.69) is 62.5 Å². The first-order valence-electron chi connectivity index (χ1n) is 16.2. The van der Waals surface area contributed by atoms with Crippen LogP contribution < -0.4 is 0 Å². The molecular weight excluding hydrogens is 468 g/mol. The standard InChI is InChI=1S/C35H62O3/c1-3-5-7-9-11-13-15-17-19-20-22-24-26-28-30-32-34-38-35(36)37-33-31-29-27-25-23-21-18-16-14-12-10-8-6-4-2/h9,11,13-17,19H,3-8,10,12,18,20-34H2,1-2H3. The summed E-state index contributed by atoms with van der Waals surface area (Å²) in [5.41, 5.74) is 0. The Bertz CT molecular complexity index is 588. The van der Waals surface area contributed by atoms with Crippen LogP contribution in [0.15, 0.2) is 48.6 Å². The first kappa shape index (κ1) is 36.2. The van der Waals surface area contributed by atoms with E-state index < -0.39 is 6.16 Å². The van der Waals surface area contributed by atoms with Crippen molar-refractivity contribution in [2.24, 2.45) is 0 Å². The lowest BCUT2D eigenvalue weighted by Crippen LogP contribution is -2.09. The Balaban J connectivity index is 3.28. The summed E-state index contributed by atoms with van der Waals surface area (Å²) in [7, 11) is 0. The Morgan fingerprint density at radius 2 is 0.789 bits per heavy atom. The number of allylic oxidation sites excluding steroid dienone is 8. The molecule has 0 fully saturated rings. The molecule has 0 aliphatic heterocycles. The fourth-order valence-electron chi connectivity index (χ4n) is 4.22. The molecule has 0 aliphatic carbocycles. The lowest BCUT2D eigenvalue weighted by Gasteiger charge is -2.06. The van der Waals surface area contributed by atoms with Crippen molar-refractivity contribution in [1.82, 2.24) is 0 Å². The van der Waals surface area contributed by atoms with Crippen molar-refractivity contribution < 1.29 is 14.3 Å². The van der Waals surface area contributed by atoms with Gasteiger partial charge in [0.15, 0.2) is 0 Å². The second-order valence-electron chi connectivity index (χ2n) is 10.5. The van der Waals surface area contributed by atoms with Crippen LogP contribution in [-0.4, -0.2) is 19.4 Å². The molecule has 0 saturated heterocycles. The predicted octanol–water partition coefficient (Wildman–Crippen LogP) is 12.0. The van der Waals surface area contributed by atoms with Crippen LogP contribution in [0.5, 0.6) is 0 Å². The highest BCUT2D eigenvalue weighted by Crippen LogP contribution is 2.10. The molecule has 0 rings (SSSR count). The van der Waals surface area contributed by atoms with Gasteiger partial charge in [-0.05, 0) is 57.8 Å². The topological polar surface area (TPSA) is 35.5 Å². The Kier molecular flexibility index (Phi) is 31.7. The van der Waals surface area contributed by atoms with Crippen molar-refractivity contribution >= 4 is 6.16 Å². The van der Waals surface area contributed by atoms with Crippen LogP contribution in [0.4, 0.5) is 4.79 Å². The van der Waals surface area contributed by atoms with Gasteiger partial charge in [-0.15, -0.1) is 0 Å². The summed E-state index contributed by atoms with van der Waals surface area (Å²) >= 11 is 0. The van der Waals surface area contributed by atoms with Crippen LogP contribution in [0.25, 0.3) is 0 Å². The van der Waals surface area contributed by atoms with Crippen LogP contribution in [0.3, 0.4) is 0 Å². The molecule has 0 unspecified atom stereocenters. The fourth-order valence-corrected chi connectivity index (χ4v) is 4.22. The summed E-state index contributed by atoms with van der Waals surface area (Å²) in [6, 6.07) is 0. The number of hydrogen-bond donors (Lipinski definition) is 0. The first-order chi connectivity index (χ1) is 18.8. The summed E-state index contributed by atoms with van der Waals surface area (Å²) in [4.78, 5) is 11.7. The number of ether oxygens (including phenoxy) is 2. The van der Waals surface area contributed by atoms with E-state index in [1.54, 1.807) is 0 Å². The average Bonchev–Trinajstić information content (AvgIpc) is 2.92. The Hall–Kier alpha value is -1.77. The van der Waals surface area contributed by atoms with Gasteiger partial charge < -0.3 is 9.47 Å². The van der Waals surface area contributed by atoms with Gasteiger partial charge in [-0.1, -0.05) is 146 Å². The van der Waals surface area contributed by atoms with Gasteiger partial charge in [-0.3, -0.25) is 0 Å². The number of unbranched alkanes of at least 4 members (excludes halogenated alkanes) is 18. The molecule has 0 aromatic carbocycles. The minimum atomic E-state index is -0.497. The molecule has 0 heterocycles. The maximum atomic E-state index is 11.7. The molecule has 0 aromatic rings. The average molecular weight is 531 g/mol. The van der Waals surface area contributed by atoms with Gasteiger partial charge in [0.05, 0.1) is 13.2 Å². The Morgan fingerprint density at radius 3 is 1.26 bits per heavy atom. The molecule has 38 heavy (non-hydrogen) atoms. The largest absolute Gasteiger partial charge is 0.508 e. The van der Waals surface area contributed by atoms with Gasteiger partial charge in [0.25, 0.3) is 0 Å². The molecule has 3 heteroatoms. The van der Waals surface area contributed by atoms with Crippen molar-refractivity contribution in [3.63, 3.8) is 0 Å². The van der Waals surface area contributed by atoms with Crippen LogP contribution in [0, 0.1) is 0 Å². The zero-order valence-corrected chi connectivity index (χ0v) is 25.3. The highest BCUT2D eigenvalue weighted by Gasteiger charge is 2.03. The lowest BCUT2D eigenvalue weighted by atomic mass is 10.1. The molecule has 0 spiro atoms. The summed E-state index contributed by atoms with van der Waals surface area (Å²) in [6.45, 7) is 5.45. The third-order valence-electron chi connectivity index (χ3n) is 6.69. The number of carbonyl (C=O) groups is 1. The molecule has 0 radical (unpaired) electrons. The second kappa shape index (κ2) is 33.3. The fraction of sp³-hybridized carbons (Fsp3) is 0.743. The monoisotopic (exact) mass is 530 g/mol. The van der Waals surface area contributed by atoms with E-state index in [1.165, 1.54) is 109 Å². The zero-order valence-electron chi connectivity index (χ0n) is 25.3.